The van der Waals surface area contributed by atoms with Crippen molar-refractivity contribution in [3.8, 4) is 0 Å². The lowest BCUT2D eigenvalue weighted by Crippen LogP contribution is -2.43. The van der Waals surface area contributed by atoms with Gasteiger partial charge in [-0.05, 0) is 69.2 Å². The van der Waals surface area contributed by atoms with E-state index in [0.717, 1.165) is 24.9 Å². The molecule has 1 unspecified atom stereocenters. The Hall–Kier alpha value is -2.19. The number of piperidine rings is 1. The second-order valence-electron chi connectivity index (χ2n) is 7.68. The number of sulfonamides is 1. The Kier molecular flexibility index (Phi) is 5.01. The molecule has 7 nitrogen and oxygen atoms in total. The fraction of sp³-hybridized carbons (Fsp3) is 0.500. The van der Waals surface area contributed by atoms with Gasteiger partial charge in [-0.1, -0.05) is 11.2 Å². The molecule has 1 aliphatic carbocycles. The highest BCUT2D eigenvalue weighted by Crippen LogP contribution is 2.29. The van der Waals surface area contributed by atoms with E-state index in [-0.39, 0.29) is 29.0 Å². The molecule has 28 heavy (non-hydrogen) atoms. The summed E-state index contributed by atoms with van der Waals surface area (Å²) in [6.07, 6.45) is 4.62. The van der Waals surface area contributed by atoms with Gasteiger partial charge in [0.15, 0.2) is 5.76 Å². The van der Waals surface area contributed by atoms with Crippen molar-refractivity contribution in [3.05, 3.63) is 40.8 Å². The molecule has 8 heteroatoms. The van der Waals surface area contributed by atoms with Gasteiger partial charge in [0.2, 0.25) is 15.9 Å². The third-order valence-corrected chi connectivity index (χ3v) is 7.80. The average Bonchev–Trinajstić information content (AvgIpc) is 3.27. The maximum atomic E-state index is 13.0. The van der Waals surface area contributed by atoms with E-state index in [0.29, 0.717) is 25.1 Å². The molecule has 1 aromatic heterocycles. The third-order valence-electron chi connectivity index (χ3n) is 5.69. The van der Waals surface area contributed by atoms with Crippen LogP contribution in [0.25, 0.3) is 0 Å². The lowest BCUT2D eigenvalue weighted by atomic mass is 9.98. The zero-order chi connectivity index (χ0) is 19.9. The minimum absolute atomic E-state index is 0.118. The summed E-state index contributed by atoms with van der Waals surface area (Å²) in [6.45, 7) is 3.78. The van der Waals surface area contributed by atoms with Gasteiger partial charge in [0.05, 0.1) is 5.92 Å². The SMILES string of the molecule is Cc1noc(C)c1S(=O)(=O)N1CCCC(C(=O)Nc2ccc3c(c2)CCC3)C1. The molecule has 1 amide bonds. The van der Waals surface area contributed by atoms with Crippen molar-refractivity contribution >= 4 is 21.6 Å². The highest BCUT2D eigenvalue weighted by molar-refractivity contribution is 7.89. The zero-order valence-electron chi connectivity index (χ0n) is 16.2. The number of nitrogens with zero attached hydrogens (tertiary/aromatic N) is 2. The zero-order valence-corrected chi connectivity index (χ0v) is 17.0. The number of rotatable bonds is 4. The first-order chi connectivity index (χ1) is 13.4. The van der Waals surface area contributed by atoms with Crippen LogP contribution in [0, 0.1) is 19.8 Å². The van der Waals surface area contributed by atoms with Gasteiger partial charge in [-0.25, -0.2) is 8.42 Å². The second-order valence-corrected chi connectivity index (χ2v) is 9.56. The molecular formula is C20H25N3O4S. The Morgan fingerprint density at radius 3 is 2.75 bits per heavy atom. The van der Waals surface area contributed by atoms with E-state index in [1.54, 1.807) is 13.8 Å². The molecule has 0 bridgehead atoms. The number of carbonyl (C=O) groups excluding carboxylic acids is 1. The normalized spacial score (nSPS) is 20.1. The molecule has 1 atom stereocenters. The maximum Gasteiger partial charge on any atom is 0.248 e. The molecule has 4 rings (SSSR count). The molecule has 2 heterocycles. The Balaban J connectivity index is 1.48. The second kappa shape index (κ2) is 7.33. The summed E-state index contributed by atoms with van der Waals surface area (Å²) in [5.41, 5.74) is 3.79. The van der Waals surface area contributed by atoms with Gasteiger partial charge < -0.3 is 9.84 Å². The number of amides is 1. The molecule has 1 saturated heterocycles. The summed E-state index contributed by atoms with van der Waals surface area (Å²) in [7, 11) is -3.73. The van der Waals surface area contributed by atoms with E-state index in [4.69, 9.17) is 4.52 Å². The summed E-state index contributed by atoms with van der Waals surface area (Å²) >= 11 is 0. The van der Waals surface area contributed by atoms with Crippen LogP contribution in [-0.2, 0) is 27.7 Å². The van der Waals surface area contributed by atoms with E-state index in [2.05, 4.69) is 16.5 Å². The molecule has 1 aliphatic heterocycles. The number of aromatic nitrogens is 1. The van der Waals surface area contributed by atoms with Crippen molar-refractivity contribution in [2.45, 2.75) is 50.8 Å². The van der Waals surface area contributed by atoms with E-state index in [1.165, 1.54) is 15.4 Å². The highest BCUT2D eigenvalue weighted by Gasteiger charge is 2.36. The minimum atomic E-state index is -3.73. The van der Waals surface area contributed by atoms with Crippen LogP contribution in [0.5, 0.6) is 0 Å². The van der Waals surface area contributed by atoms with E-state index < -0.39 is 10.0 Å². The Labute approximate surface area is 165 Å². The predicted molar refractivity (Wildman–Crippen MR) is 105 cm³/mol. The third kappa shape index (κ3) is 3.46. The van der Waals surface area contributed by atoms with Gasteiger partial charge >= 0.3 is 0 Å². The summed E-state index contributed by atoms with van der Waals surface area (Å²) in [6, 6.07) is 6.05. The molecular weight excluding hydrogens is 378 g/mol. The van der Waals surface area contributed by atoms with E-state index in [1.807, 2.05) is 12.1 Å². The highest BCUT2D eigenvalue weighted by atomic mass is 32.2. The van der Waals surface area contributed by atoms with Crippen molar-refractivity contribution in [2.75, 3.05) is 18.4 Å². The first-order valence-corrected chi connectivity index (χ1v) is 11.2. The monoisotopic (exact) mass is 403 g/mol. The summed E-state index contributed by atoms with van der Waals surface area (Å²) in [5.74, 6) is -0.226. The largest absolute Gasteiger partial charge is 0.360 e. The molecule has 2 aliphatic rings. The van der Waals surface area contributed by atoms with Crippen LogP contribution in [0.2, 0.25) is 0 Å². The molecule has 1 fully saturated rings. The van der Waals surface area contributed by atoms with Crippen LogP contribution in [0.15, 0.2) is 27.6 Å². The molecule has 1 N–H and O–H groups in total. The smallest absolute Gasteiger partial charge is 0.248 e. The van der Waals surface area contributed by atoms with Crippen molar-refractivity contribution in [1.29, 1.82) is 0 Å². The lowest BCUT2D eigenvalue weighted by Gasteiger charge is -2.31. The van der Waals surface area contributed by atoms with E-state index in [9.17, 15) is 13.2 Å². The van der Waals surface area contributed by atoms with Gasteiger partial charge in [0.25, 0.3) is 0 Å². The number of nitrogens with one attached hydrogen (secondary N) is 1. The van der Waals surface area contributed by atoms with Crippen LogP contribution in [0.3, 0.4) is 0 Å². The molecule has 0 saturated carbocycles. The Morgan fingerprint density at radius 1 is 1.21 bits per heavy atom. The van der Waals surface area contributed by atoms with Gasteiger partial charge in [0.1, 0.15) is 10.6 Å². The first-order valence-electron chi connectivity index (χ1n) is 9.72. The number of hydrogen-bond acceptors (Lipinski definition) is 5. The van der Waals surface area contributed by atoms with Crippen molar-refractivity contribution in [3.63, 3.8) is 0 Å². The van der Waals surface area contributed by atoms with Crippen LogP contribution in [0.4, 0.5) is 5.69 Å². The topological polar surface area (TPSA) is 92.5 Å². The summed E-state index contributed by atoms with van der Waals surface area (Å²) < 4.78 is 32.5. The molecule has 1 aromatic carbocycles. The van der Waals surface area contributed by atoms with Crippen LogP contribution < -0.4 is 5.32 Å². The van der Waals surface area contributed by atoms with Crippen molar-refractivity contribution in [2.24, 2.45) is 5.92 Å². The quantitative estimate of drug-likeness (QED) is 0.847. The Bertz CT molecular complexity index is 993. The van der Waals surface area contributed by atoms with Crippen LogP contribution in [-0.4, -0.2) is 36.9 Å². The molecule has 150 valence electrons. The Morgan fingerprint density at radius 2 is 2.00 bits per heavy atom. The van der Waals surface area contributed by atoms with Gasteiger partial charge in [0, 0.05) is 18.8 Å². The number of hydrogen-bond donors (Lipinski definition) is 1. The van der Waals surface area contributed by atoms with Crippen LogP contribution in [0.1, 0.15) is 41.8 Å². The van der Waals surface area contributed by atoms with Crippen LogP contribution >= 0.6 is 0 Å². The van der Waals surface area contributed by atoms with Gasteiger partial charge in [-0.3, -0.25) is 4.79 Å². The first kappa shape index (κ1) is 19.1. The summed E-state index contributed by atoms with van der Waals surface area (Å²) in [5, 5.41) is 6.74. The fourth-order valence-corrected chi connectivity index (χ4v) is 6.06. The molecule has 2 aromatic rings. The lowest BCUT2D eigenvalue weighted by molar-refractivity contribution is -0.120. The fourth-order valence-electron chi connectivity index (χ4n) is 4.24. The molecule has 0 radical (unpaired) electrons. The number of benzene rings is 1. The van der Waals surface area contributed by atoms with Gasteiger partial charge in [-0.15, -0.1) is 0 Å². The number of anilines is 1. The number of aryl methyl sites for hydroxylation is 4. The minimum Gasteiger partial charge on any atom is -0.360 e. The maximum absolute atomic E-state index is 13.0. The average molecular weight is 404 g/mol. The van der Waals surface area contributed by atoms with Crippen molar-refractivity contribution in [1.82, 2.24) is 9.46 Å². The number of carbonyl (C=O) groups is 1. The number of fused-ring (bicyclic) bond motifs is 1. The predicted octanol–water partition coefficient (Wildman–Crippen LogP) is 2.82. The standard InChI is InChI=1S/C20H25N3O4S/c1-13-19(14(2)27-22-13)28(25,26)23-10-4-7-17(12-23)20(24)21-18-9-8-15-5-3-6-16(15)11-18/h8-9,11,17H,3-7,10,12H2,1-2H3,(H,21,24). The van der Waals surface area contributed by atoms with E-state index >= 15 is 0 Å². The van der Waals surface area contributed by atoms with Gasteiger partial charge in [-0.2, -0.15) is 4.31 Å². The van der Waals surface area contributed by atoms with Crippen molar-refractivity contribution < 1.29 is 17.7 Å². The summed E-state index contributed by atoms with van der Waals surface area (Å²) in [4.78, 5) is 12.9. The molecule has 0 spiro atoms.